The molecule has 0 fully saturated rings. The lowest BCUT2D eigenvalue weighted by Crippen LogP contribution is -2.33. The molecule has 0 aliphatic rings. The average Bonchev–Trinajstić information content (AvgIpc) is 3.10. The first-order chi connectivity index (χ1) is 11.6. The van der Waals surface area contributed by atoms with Crippen molar-refractivity contribution in [3.05, 3.63) is 42.2 Å². The molecule has 24 heavy (non-hydrogen) atoms. The number of esters is 1. The molecule has 1 amide bonds. The Balaban J connectivity index is 1.97. The van der Waals surface area contributed by atoms with E-state index in [2.05, 4.69) is 20.8 Å². The van der Waals surface area contributed by atoms with E-state index >= 15 is 0 Å². The van der Waals surface area contributed by atoms with Crippen molar-refractivity contribution in [1.29, 1.82) is 0 Å². The third kappa shape index (κ3) is 5.45. The van der Waals surface area contributed by atoms with Crippen LogP contribution < -0.4 is 5.32 Å². The van der Waals surface area contributed by atoms with E-state index in [0.717, 1.165) is 5.56 Å². The Morgan fingerprint density at radius 1 is 1.25 bits per heavy atom. The lowest BCUT2D eigenvalue weighted by molar-refractivity contribution is -0.152. The van der Waals surface area contributed by atoms with Gasteiger partial charge >= 0.3 is 5.97 Å². The second-order valence-corrected chi connectivity index (χ2v) is 5.80. The van der Waals surface area contributed by atoms with Gasteiger partial charge in [-0.15, -0.1) is 5.10 Å². The SMILES string of the molecule is CC(C)CNC(=O)COC(=O)[C@H](Cc1ccccc1)n1cnnn1. The van der Waals surface area contributed by atoms with Crippen LogP contribution in [0.4, 0.5) is 0 Å². The highest BCUT2D eigenvalue weighted by molar-refractivity contribution is 5.81. The highest BCUT2D eigenvalue weighted by Gasteiger charge is 2.24. The van der Waals surface area contributed by atoms with E-state index in [1.54, 1.807) is 0 Å². The van der Waals surface area contributed by atoms with Crippen molar-refractivity contribution >= 4 is 11.9 Å². The largest absolute Gasteiger partial charge is 0.454 e. The van der Waals surface area contributed by atoms with Gasteiger partial charge in [0.05, 0.1) is 0 Å². The second kappa shape index (κ2) is 8.76. The maximum absolute atomic E-state index is 12.4. The van der Waals surface area contributed by atoms with Crippen molar-refractivity contribution in [2.75, 3.05) is 13.2 Å². The van der Waals surface area contributed by atoms with Gasteiger partial charge in [-0.25, -0.2) is 9.48 Å². The number of ether oxygens (including phenoxy) is 1. The molecule has 128 valence electrons. The van der Waals surface area contributed by atoms with Crippen molar-refractivity contribution in [3.63, 3.8) is 0 Å². The Hall–Kier alpha value is -2.77. The molecule has 0 spiro atoms. The predicted octanol–water partition coefficient (Wildman–Crippen LogP) is 0.772. The summed E-state index contributed by atoms with van der Waals surface area (Å²) in [5.74, 6) is -0.546. The molecule has 1 aromatic carbocycles. The van der Waals surface area contributed by atoms with Gasteiger partial charge in [0.1, 0.15) is 6.33 Å². The van der Waals surface area contributed by atoms with Gasteiger partial charge < -0.3 is 10.1 Å². The van der Waals surface area contributed by atoms with Crippen molar-refractivity contribution < 1.29 is 14.3 Å². The Kier molecular flexibility index (Phi) is 6.41. The molecule has 0 aliphatic carbocycles. The standard InChI is InChI=1S/C16H21N5O3/c1-12(2)9-17-15(22)10-24-16(23)14(21-11-18-19-20-21)8-13-6-4-3-5-7-13/h3-7,11-12,14H,8-10H2,1-2H3,(H,17,22)/t14-/m0/s1. The Bertz CT molecular complexity index is 643. The zero-order valence-electron chi connectivity index (χ0n) is 13.8. The lowest BCUT2D eigenvalue weighted by Gasteiger charge is -2.15. The fraction of sp³-hybridized carbons (Fsp3) is 0.438. The molecule has 8 nitrogen and oxygen atoms in total. The monoisotopic (exact) mass is 331 g/mol. The van der Waals surface area contributed by atoms with Crippen LogP contribution in [0.3, 0.4) is 0 Å². The highest BCUT2D eigenvalue weighted by Crippen LogP contribution is 2.14. The smallest absolute Gasteiger partial charge is 0.331 e. The third-order valence-corrected chi connectivity index (χ3v) is 3.28. The summed E-state index contributed by atoms with van der Waals surface area (Å²) in [5.41, 5.74) is 0.944. The molecule has 0 aliphatic heterocycles. The number of carbonyl (C=O) groups excluding carboxylic acids is 2. The molecule has 1 aromatic heterocycles. The number of nitrogens with one attached hydrogen (secondary N) is 1. The normalized spacial score (nSPS) is 12.0. The summed E-state index contributed by atoms with van der Waals surface area (Å²) in [7, 11) is 0. The summed E-state index contributed by atoms with van der Waals surface area (Å²) in [6, 6.07) is 8.75. The topological polar surface area (TPSA) is 99.0 Å². The molecule has 1 N–H and O–H groups in total. The molecule has 0 unspecified atom stereocenters. The number of hydrogen-bond acceptors (Lipinski definition) is 6. The summed E-state index contributed by atoms with van der Waals surface area (Å²) in [5, 5.41) is 13.6. The van der Waals surface area contributed by atoms with E-state index in [4.69, 9.17) is 4.74 Å². The fourth-order valence-corrected chi connectivity index (χ4v) is 2.04. The van der Waals surface area contributed by atoms with Crippen LogP contribution in [0.5, 0.6) is 0 Å². The van der Waals surface area contributed by atoms with Crippen molar-refractivity contribution in [1.82, 2.24) is 25.5 Å². The predicted molar refractivity (Wildman–Crippen MR) is 85.8 cm³/mol. The molecule has 8 heteroatoms. The number of benzene rings is 1. The van der Waals surface area contributed by atoms with E-state index in [0.29, 0.717) is 18.9 Å². The summed E-state index contributed by atoms with van der Waals surface area (Å²) in [6.45, 7) is 4.19. The summed E-state index contributed by atoms with van der Waals surface area (Å²) in [6.07, 6.45) is 1.73. The maximum Gasteiger partial charge on any atom is 0.331 e. The Morgan fingerprint density at radius 3 is 2.62 bits per heavy atom. The average molecular weight is 331 g/mol. The van der Waals surface area contributed by atoms with Crippen LogP contribution in [0.15, 0.2) is 36.7 Å². The van der Waals surface area contributed by atoms with Crippen LogP contribution in [0, 0.1) is 5.92 Å². The van der Waals surface area contributed by atoms with Crippen LogP contribution in [0.1, 0.15) is 25.5 Å². The van der Waals surface area contributed by atoms with Crippen molar-refractivity contribution in [2.45, 2.75) is 26.3 Å². The van der Waals surface area contributed by atoms with Crippen LogP contribution in [0.2, 0.25) is 0 Å². The molecular weight excluding hydrogens is 310 g/mol. The van der Waals surface area contributed by atoms with E-state index in [9.17, 15) is 9.59 Å². The maximum atomic E-state index is 12.4. The first-order valence-corrected chi connectivity index (χ1v) is 7.76. The number of amides is 1. The van der Waals surface area contributed by atoms with Gasteiger partial charge in [0, 0.05) is 13.0 Å². The van der Waals surface area contributed by atoms with Gasteiger partial charge in [-0.2, -0.15) is 0 Å². The quantitative estimate of drug-likeness (QED) is 0.717. The van der Waals surface area contributed by atoms with Gasteiger partial charge in [0.25, 0.3) is 5.91 Å². The molecule has 2 aromatic rings. The summed E-state index contributed by atoms with van der Waals surface area (Å²) in [4.78, 5) is 24.1. The molecule has 1 heterocycles. The lowest BCUT2D eigenvalue weighted by atomic mass is 10.1. The minimum atomic E-state index is -0.722. The van der Waals surface area contributed by atoms with E-state index < -0.39 is 12.0 Å². The minimum absolute atomic E-state index is 0.320. The molecule has 2 rings (SSSR count). The molecule has 1 atom stereocenters. The summed E-state index contributed by atoms with van der Waals surface area (Å²) >= 11 is 0. The first-order valence-electron chi connectivity index (χ1n) is 7.76. The van der Waals surface area contributed by atoms with E-state index in [1.807, 2.05) is 44.2 Å². The van der Waals surface area contributed by atoms with Crippen molar-refractivity contribution in [2.24, 2.45) is 5.92 Å². The number of aromatic nitrogens is 4. The fourth-order valence-electron chi connectivity index (χ4n) is 2.04. The Morgan fingerprint density at radius 2 is 2.00 bits per heavy atom. The number of hydrogen-bond donors (Lipinski definition) is 1. The van der Waals surface area contributed by atoms with Crippen LogP contribution in [0.25, 0.3) is 0 Å². The number of tetrazole rings is 1. The highest BCUT2D eigenvalue weighted by atomic mass is 16.5. The van der Waals surface area contributed by atoms with Gasteiger partial charge in [-0.3, -0.25) is 4.79 Å². The van der Waals surface area contributed by atoms with E-state index in [-0.39, 0.29) is 12.5 Å². The number of rotatable bonds is 8. The van der Waals surface area contributed by atoms with Crippen LogP contribution in [-0.4, -0.2) is 45.2 Å². The van der Waals surface area contributed by atoms with Gasteiger partial charge in [0.2, 0.25) is 0 Å². The second-order valence-electron chi connectivity index (χ2n) is 5.80. The van der Waals surface area contributed by atoms with Gasteiger partial charge in [0.15, 0.2) is 12.6 Å². The number of carbonyl (C=O) groups is 2. The Labute approximate surface area is 140 Å². The molecule has 0 saturated carbocycles. The van der Waals surface area contributed by atoms with Gasteiger partial charge in [-0.05, 0) is 21.9 Å². The van der Waals surface area contributed by atoms with E-state index in [1.165, 1.54) is 11.0 Å². The summed E-state index contributed by atoms with van der Waals surface area (Å²) < 4.78 is 6.46. The zero-order valence-corrected chi connectivity index (χ0v) is 13.8. The van der Waals surface area contributed by atoms with Gasteiger partial charge in [-0.1, -0.05) is 44.2 Å². The first kappa shape index (κ1) is 17.6. The molecule has 0 bridgehead atoms. The van der Waals surface area contributed by atoms with Crippen molar-refractivity contribution in [3.8, 4) is 0 Å². The zero-order chi connectivity index (χ0) is 17.4. The number of nitrogens with zero attached hydrogens (tertiary/aromatic N) is 4. The third-order valence-electron chi connectivity index (χ3n) is 3.28. The molecule has 0 radical (unpaired) electrons. The molecular formula is C16H21N5O3. The minimum Gasteiger partial charge on any atom is -0.454 e. The van der Waals surface area contributed by atoms with Crippen LogP contribution in [-0.2, 0) is 20.7 Å². The molecule has 0 saturated heterocycles. The van der Waals surface area contributed by atoms with Crippen LogP contribution >= 0.6 is 0 Å².